The van der Waals surface area contributed by atoms with E-state index in [4.69, 9.17) is 15.2 Å². The van der Waals surface area contributed by atoms with Crippen LogP contribution in [0.1, 0.15) is 46.5 Å². The third-order valence-corrected chi connectivity index (χ3v) is 3.36. The number of rotatable bonds is 13. The molecule has 2 N–H and O–H groups in total. The van der Waals surface area contributed by atoms with Gasteiger partial charge in [-0.25, -0.2) is 0 Å². The van der Waals surface area contributed by atoms with Gasteiger partial charge in [0.05, 0.1) is 6.34 Å². The van der Waals surface area contributed by atoms with E-state index in [2.05, 4.69) is 25.8 Å². The maximum Gasteiger partial charge on any atom is 0.0797 e. The minimum atomic E-state index is 0.750. The van der Waals surface area contributed by atoms with Crippen LogP contribution in [-0.2, 0) is 9.47 Å². The molecule has 0 fully saturated rings. The molecular formula is C15H32N2O2. The number of nitrogens with two attached hydrogens (primary N) is 1. The van der Waals surface area contributed by atoms with Gasteiger partial charge in [-0.05, 0) is 37.5 Å². The average molecular weight is 272 g/mol. The van der Waals surface area contributed by atoms with Crippen molar-refractivity contribution < 1.29 is 9.47 Å². The molecule has 0 heterocycles. The van der Waals surface area contributed by atoms with Crippen LogP contribution in [-0.4, -0.2) is 39.3 Å². The van der Waals surface area contributed by atoms with Gasteiger partial charge in [-0.15, -0.1) is 0 Å². The highest BCUT2D eigenvalue weighted by molar-refractivity contribution is 5.50. The van der Waals surface area contributed by atoms with E-state index in [-0.39, 0.29) is 0 Å². The molecule has 4 nitrogen and oxygen atoms in total. The molecule has 0 aliphatic carbocycles. The Morgan fingerprint density at radius 1 is 0.947 bits per heavy atom. The summed E-state index contributed by atoms with van der Waals surface area (Å²) in [6.45, 7) is 10.9. The summed E-state index contributed by atoms with van der Waals surface area (Å²) in [5.41, 5.74) is 5.14. The SMILES string of the molecule is CC(C)C(C)CCOCCCCOCCCN=CN. The summed E-state index contributed by atoms with van der Waals surface area (Å²) in [6.07, 6.45) is 5.60. The summed E-state index contributed by atoms with van der Waals surface area (Å²) in [5, 5.41) is 0. The van der Waals surface area contributed by atoms with Crippen molar-refractivity contribution in [1.29, 1.82) is 0 Å². The Morgan fingerprint density at radius 2 is 1.53 bits per heavy atom. The molecule has 4 heteroatoms. The molecule has 114 valence electrons. The summed E-state index contributed by atoms with van der Waals surface area (Å²) in [7, 11) is 0. The number of hydrogen-bond donors (Lipinski definition) is 1. The Bertz CT molecular complexity index is 208. The van der Waals surface area contributed by atoms with Gasteiger partial charge in [-0.3, -0.25) is 4.99 Å². The lowest BCUT2D eigenvalue weighted by molar-refractivity contribution is 0.0938. The Morgan fingerprint density at radius 3 is 2.11 bits per heavy atom. The van der Waals surface area contributed by atoms with Crippen molar-refractivity contribution in [2.75, 3.05) is 33.0 Å². The van der Waals surface area contributed by atoms with Crippen molar-refractivity contribution in [1.82, 2.24) is 0 Å². The molecule has 0 spiro atoms. The number of ether oxygens (including phenoxy) is 2. The Hall–Kier alpha value is -0.610. The first kappa shape index (κ1) is 18.4. The Balaban J connectivity index is 3.07. The van der Waals surface area contributed by atoms with E-state index in [1.54, 1.807) is 0 Å². The van der Waals surface area contributed by atoms with Crippen LogP contribution >= 0.6 is 0 Å². The average Bonchev–Trinajstić information content (AvgIpc) is 2.39. The molecule has 0 saturated carbocycles. The Kier molecular flexibility index (Phi) is 13.4. The van der Waals surface area contributed by atoms with E-state index in [1.165, 1.54) is 6.34 Å². The molecule has 0 amide bonds. The van der Waals surface area contributed by atoms with Gasteiger partial charge in [0.1, 0.15) is 0 Å². The molecule has 0 aromatic heterocycles. The van der Waals surface area contributed by atoms with Crippen LogP contribution in [0.4, 0.5) is 0 Å². The van der Waals surface area contributed by atoms with E-state index in [0.29, 0.717) is 0 Å². The maximum absolute atomic E-state index is 5.63. The van der Waals surface area contributed by atoms with Crippen LogP contribution in [0.2, 0.25) is 0 Å². The topological polar surface area (TPSA) is 56.8 Å². The van der Waals surface area contributed by atoms with Crippen LogP contribution in [0, 0.1) is 11.8 Å². The highest BCUT2D eigenvalue weighted by Crippen LogP contribution is 2.13. The molecule has 0 saturated heterocycles. The van der Waals surface area contributed by atoms with Gasteiger partial charge in [0.2, 0.25) is 0 Å². The van der Waals surface area contributed by atoms with Crippen LogP contribution in [0.15, 0.2) is 4.99 Å². The number of aliphatic imine (C=N–C) groups is 1. The lowest BCUT2D eigenvalue weighted by Gasteiger charge is -2.15. The minimum absolute atomic E-state index is 0.750. The van der Waals surface area contributed by atoms with Gasteiger partial charge in [-0.1, -0.05) is 20.8 Å². The van der Waals surface area contributed by atoms with E-state index in [9.17, 15) is 0 Å². The monoisotopic (exact) mass is 272 g/mol. The zero-order chi connectivity index (χ0) is 14.3. The van der Waals surface area contributed by atoms with Crippen molar-refractivity contribution >= 4 is 6.34 Å². The molecule has 0 rings (SSSR count). The molecule has 0 aliphatic rings. The first-order valence-electron chi connectivity index (χ1n) is 7.54. The lowest BCUT2D eigenvalue weighted by atomic mass is 9.95. The predicted molar refractivity (Wildman–Crippen MR) is 81.7 cm³/mol. The van der Waals surface area contributed by atoms with Crippen molar-refractivity contribution in [3.63, 3.8) is 0 Å². The van der Waals surface area contributed by atoms with Crippen LogP contribution in [0.3, 0.4) is 0 Å². The summed E-state index contributed by atoms with van der Waals surface area (Å²) < 4.78 is 11.1. The van der Waals surface area contributed by atoms with E-state index >= 15 is 0 Å². The van der Waals surface area contributed by atoms with Crippen LogP contribution in [0.5, 0.6) is 0 Å². The first-order valence-corrected chi connectivity index (χ1v) is 7.54. The molecule has 0 aromatic rings. The maximum atomic E-state index is 5.63. The molecule has 0 radical (unpaired) electrons. The standard InChI is InChI=1S/C15H32N2O2/c1-14(2)15(3)7-12-19-10-5-4-9-18-11-6-8-17-13-16/h13-15H,4-12H2,1-3H3,(H2,16,17). The van der Waals surface area contributed by atoms with Crippen molar-refractivity contribution in [2.45, 2.75) is 46.5 Å². The van der Waals surface area contributed by atoms with Crippen molar-refractivity contribution in [3.05, 3.63) is 0 Å². The van der Waals surface area contributed by atoms with Crippen LogP contribution in [0.25, 0.3) is 0 Å². The zero-order valence-corrected chi connectivity index (χ0v) is 12.9. The third kappa shape index (κ3) is 13.6. The number of hydrogen-bond acceptors (Lipinski definition) is 3. The second-order valence-electron chi connectivity index (χ2n) is 5.35. The second-order valence-corrected chi connectivity index (χ2v) is 5.35. The van der Waals surface area contributed by atoms with Gasteiger partial charge < -0.3 is 15.2 Å². The summed E-state index contributed by atoms with van der Waals surface area (Å²) in [4.78, 5) is 3.92. The molecule has 0 bridgehead atoms. The Labute approximate surface area is 118 Å². The molecular weight excluding hydrogens is 240 g/mol. The second kappa shape index (κ2) is 13.8. The quantitative estimate of drug-likeness (QED) is 0.319. The largest absolute Gasteiger partial charge is 0.390 e. The minimum Gasteiger partial charge on any atom is -0.390 e. The highest BCUT2D eigenvalue weighted by atomic mass is 16.5. The van der Waals surface area contributed by atoms with Gasteiger partial charge >= 0.3 is 0 Å². The molecule has 1 atom stereocenters. The van der Waals surface area contributed by atoms with Gasteiger partial charge in [-0.2, -0.15) is 0 Å². The lowest BCUT2D eigenvalue weighted by Crippen LogP contribution is -2.08. The van der Waals surface area contributed by atoms with E-state index < -0.39 is 0 Å². The van der Waals surface area contributed by atoms with Crippen LogP contribution < -0.4 is 5.73 Å². The fourth-order valence-electron chi connectivity index (χ4n) is 1.55. The summed E-state index contributed by atoms with van der Waals surface area (Å²) in [5.74, 6) is 1.50. The summed E-state index contributed by atoms with van der Waals surface area (Å²) >= 11 is 0. The van der Waals surface area contributed by atoms with Gasteiger partial charge in [0, 0.05) is 33.0 Å². The highest BCUT2D eigenvalue weighted by Gasteiger charge is 2.05. The molecule has 1 unspecified atom stereocenters. The first-order chi connectivity index (χ1) is 9.18. The fraction of sp³-hybridized carbons (Fsp3) is 0.933. The fourth-order valence-corrected chi connectivity index (χ4v) is 1.55. The number of unbranched alkanes of at least 4 members (excludes halogenated alkanes) is 1. The molecule has 0 aromatic carbocycles. The van der Waals surface area contributed by atoms with Crippen molar-refractivity contribution in [2.24, 2.45) is 22.6 Å². The normalized spacial score (nSPS) is 13.5. The van der Waals surface area contributed by atoms with E-state index in [0.717, 1.165) is 70.5 Å². The molecule has 0 aliphatic heterocycles. The third-order valence-electron chi connectivity index (χ3n) is 3.36. The number of nitrogens with zero attached hydrogens (tertiary/aromatic N) is 1. The predicted octanol–water partition coefficient (Wildman–Crippen LogP) is 2.86. The van der Waals surface area contributed by atoms with Gasteiger partial charge in [0.25, 0.3) is 0 Å². The van der Waals surface area contributed by atoms with Gasteiger partial charge in [0.15, 0.2) is 0 Å². The smallest absolute Gasteiger partial charge is 0.0797 e. The summed E-state index contributed by atoms with van der Waals surface area (Å²) in [6, 6.07) is 0. The van der Waals surface area contributed by atoms with Crippen molar-refractivity contribution in [3.8, 4) is 0 Å². The molecule has 19 heavy (non-hydrogen) atoms. The van der Waals surface area contributed by atoms with E-state index in [1.807, 2.05) is 0 Å². The zero-order valence-electron chi connectivity index (χ0n) is 12.9.